The zero-order chi connectivity index (χ0) is 14.5. The summed E-state index contributed by atoms with van der Waals surface area (Å²) in [5.74, 6) is 3.59. The van der Waals surface area contributed by atoms with Crippen molar-refractivity contribution in [2.75, 3.05) is 45.9 Å². The van der Waals surface area contributed by atoms with Crippen LogP contribution in [0, 0.1) is 11.8 Å². The van der Waals surface area contributed by atoms with Gasteiger partial charge in [0.15, 0.2) is 0 Å². The number of rotatable bonds is 6. The van der Waals surface area contributed by atoms with Crippen molar-refractivity contribution in [3.05, 3.63) is 24.3 Å². The minimum atomic E-state index is 0. The van der Waals surface area contributed by atoms with E-state index in [0.717, 1.165) is 36.5 Å². The van der Waals surface area contributed by atoms with E-state index in [1.54, 1.807) is 0 Å². The first kappa shape index (κ1) is 17.4. The van der Waals surface area contributed by atoms with Crippen LogP contribution in [0.5, 0.6) is 11.5 Å². The maximum atomic E-state index is 5.84. The molecule has 0 spiro atoms. The Morgan fingerprint density at radius 1 is 1.09 bits per heavy atom. The molecule has 124 valence electrons. The Bertz CT molecular complexity index is 441. The molecule has 2 fully saturated rings. The van der Waals surface area contributed by atoms with Crippen molar-refractivity contribution in [2.24, 2.45) is 11.8 Å². The van der Waals surface area contributed by atoms with E-state index in [4.69, 9.17) is 9.47 Å². The first-order chi connectivity index (χ1) is 10.3. The van der Waals surface area contributed by atoms with E-state index in [2.05, 4.69) is 10.2 Å². The molecule has 0 bridgehead atoms. The molecular formula is C17H27ClN2O2. The van der Waals surface area contributed by atoms with Crippen LogP contribution in [0.1, 0.15) is 13.3 Å². The van der Waals surface area contributed by atoms with Crippen LogP contribution in [-0.4, -0.2) is 50.8 Å². The molecule has 0 aromatic heterocycles. The van der Waals surface area contributed by atoms with Crippen molar-refractivity contribution in [3.63, 3.8) is 0 Å². The smallest absolute Gasteiger partial charge is 0.119 e. The Hall–Kier alpha value is -0.970. The van der Waals surface area contributed by atoms with Crippen molar-refractivity contribution in [1.82, 2.24) is 10.2 Å². The van der Waals surface area contributed by atoms with Crippen LogP contribution in [0.4, 0.5) is 0 Å². The van der Waals surface area contributed by atoms with E-state index >= 15 is 0 Å². The molecule has 22 heavy (non-hydrogen) atoms. The highest BCUT2D eigenvalue weighted by Gasteiger charge is 2.32. The lowest BCUT2D eigenvalue weighted by Gasteiger charge is -2.34. The maximum Gasteiger partial charge on any atom is 0.119 e. The molecular weight excluding hydrogens is 300 g/mol. The molecule has 4 nitrogen and oxygen atoms in total. The number of nitrogens with one attached hydrogen (secondary N) is 1. The summed E-state index contributed by atoms with van der Waals surface area (Å²) in [5.41, 5.74) is 0. The van der Waals surface area contributed by atoms with E-state index in [0.29, 0.717) is 6.61 Å². The summed E-state index contributed by atoms with van der Waals surface area (Å²) >= 11 is 0. The average Bonchev–Trinajstić information content (AvgIpc) is 2.97. The predicted octanol–water partition coefficient (Wildman–Crippen LogP) is 2.43. The summed E-state index contributed by atoms with van der Waals surface area (Å²) in [7, 11) is 0. The lowest BCUT2D eigenvalue weighted by molar-refractivity contribution is 0.127. The average molecular weight is 327 g/mol. The highest BCUT2D eigenvalue weighted by atomic mass is 35.5. The van der Waals surface area contributed by atoms with Gasteiger partial charge in [-0.25, -0.2) is 0 Å². The van der Waals surface area contributed by atoms with Crippen LogP contribution in [0.25, 0.3) is 0 Å². The van der Waals surface area contributed by atoms with Gasteiger partial charge in [0.1, 0.15) is 18.1 Å². The van der Waals surface area contributed by atoms with Crippen molar-refractivity contribution >= 4 is 12.4 Å². The SMILES string of the molecule is CCOc1ccc(OCCN2CCC3CNCC3C2)cc1.Cl. The van der Waals surface area contributed by atoms with Gasteiger partial charge in [-0.05, 0) is 69.1 Å². The fraction of sp³-hybridized carbons (Fsp3) is 0.647. The Labute approximate surface area is 139 Å². The van der Waals surface area contributed by atoms with Crippen LogP contribution in [0.15, 0.2) is 24.3 Å². The number of halogens is 1. The third-order valence-electron chi connectivity index (χ3n) is 4.60. The van der Waals surface area contributed by atoms with Gasteiger partial charge < -0.3 is 14.8 Å². The molecule has 2 saturated heterocycles. The number of fused-ring (bicyclic) bond motifs is 1. The topological polar surface area (TPSA) is 33.7 Å². The van der Waals surface area contributed by atoms with Gasteiger partial charge in [0.25, 0.3) is 0 Å². The van der Waals surface area contributed by atoms with Crippen molar-refractivity contribution in [1.29, 1.82) is 0 Å². The fourth-order valence-electron chi connectivity index (χ4n) is 3.40. The summed E-state index contributed by atoms with van der Waals surface area (Å²) in [6, 6.07) is 7.90. The molecule has 0 radical (unpaired) electrons. The Kier molecular flexibility index (Phi) is 6.80. The quantitative estimate of drug-likeness (QED) is 0.870. The largest absolute Gasteiger partial charge is 0.494 e. The van der Waals surface area contributed by atoms with Gasteiger partial charge in [-0.2, -0.15) is 0 Å². The van der Waals surface area contributed by atoms with E-state index in [1.807, 2.05) is 31.2 Å². The number of likely N-dealkylation sites (tertiary alicyclic amines) is 1. The number of ether oxygens (including phenoxy) is 2. The monoisotopic (exact) mass is 326 g/mol. The third kappa shape index (κ3) is 4.51. The third-order valence-corrected chi connectivity index (χ3v) is 4.60. The Morgan fingerprint density at radius 3 is 2.50 bits per heavy atom. The molecule has 5 heteroatoms. The number of hydrogen-bond acceptors (Lipinski definition) is 4. The minimum Gasteiger partial charge on any atom is -0.494 e. The molecule has 2 atom stereocenters. The molecule has 0 aliphatic carbocycles. The van der Waals surface area contributed by atoms with Gasteiger partial charge in [0, 0.05) is 13.1 Å². The van der Waals surface area contributed by atoms with Gasteiger partial charge in [-0.3, -0.25) is 4.90 Å². The number of nitrogens with zero attached hydrogens (tertiary/aromatic N) is 1. The number of benzene rings is 1. The van der Waals surface area contributed by atoms with Gasteiger partial charge in [-0.1, -0.05) is 0 Å². The zero-order valence-electron chi connectivity index (χ0n) is 13.3. The minimum absolute atomic E-state index is 0. The maximum absolute atomic E-state index is 5.84. The van der Waals surface area contributed by atoms with Crippen LogP contribution in [0.2, 0.25) is 0 Å². The number of hydrogen-bond donors (Lipinski definition) is 1. The molecule has 2 aliphatic heterocycles. The summed E-state index contributed by atoms with van der Waals surface area (Å²) in [4.78, 5) is 2.54. The highest BCUT2D eigenvalue weighted by molar-refractivity contribution is 5.85. The lowest BCUT2D eigenvalue weighted by Crippen LogP contribution is -2.41. The van der Waals surface area contributed by atoms with E-state index < -0.39 is 0 Å². The second kappa shape index (κ2) is 8.61. The van der Waals surface area contributed by atoms with Gasteiger partial charge >= 0.3 is 0 Å². The summed E-state index contributed by atoms with van der Waals surface area (Å²) < 4.78 is 11.3. The van der Waals surface area contributed by atoms with E-state index in [9.17, 15) is 0 Å². The van der Waals surface area contributed by atoms with Crippen molar-refractivity contribution in [3.8, 4) is 11.5 Å². The second-order valence-corrected chi connectivity index (χ2v) is 6.02. The Morgan fingerprint density at radius 2 is 1.77 bits per heavy atom. The predicted molar refractivity (Wildman–Crippen MR) is 91.3 cm³/mol. The second-order valence-electron chi connectivity index (χ2n) is 6.02. The van der Waals surface area contributed by atoms with Crippen LogP contribution < -0.4 is 14.8 Å². The van der Waals surface area contributed by atoms with Gasteiger partial charge in [0.05, 0.1) is 6.61 Å². The highest BCUT2D eigenvalue weighted by Crippen LogP contribution is 2.26. The van der Waals surface area contributed by atoms with Gasteiger partial charge in [0.2, 0.25) is 0 Å². The van der Waals surface area contributed by atoms with Crippen LogP contribution in [-0.2, 0) is 0 Å². The standard InChI is InChI=1S/C17H26N2O2.ClH/c1-2-20-16-3-5-17(6-4-16)21-10-9-19-8-7-14-11-18-12-15(14)13-19;/h3-6,14-15,18H,2,7-13H2,1H3;1H. The zero-order valence-corrected chi connectivity index (χ0v) is 14.1. The number of piperidine rings is 1. The van der Waals surface area contributed by atoms with E-state index in [1.165, 1.54) is 32.6 Å². The molecule has 0 amide bonds. The summed E-state index contributed by atoms with van der Waals surface area (Å²) in [5, 5.41) is 3.51. The van der Waals surface area contributed by atoms with Gasteiger partial charge in [-0.15, -0.1) is 12.4 Å². The summed E-state index contributed by atoms with van der Waals surface area (Å²) in [6.45, 7) is 9.34. The molecule has 1 aromatic carbocycles. The molecule has 3 rings (SSSR count). The molecule has 1 N–H and O–H groups in total. The van der Waals surface area contributed by atoms with Crippen molar-refractivity contribution in [2.45, 2.75) is 13.3 Å². The molecule has 2 unspecified atom stereocenters. The fourth-order valence-corrected chi connectivity index (χ4v) is 3.40. The summed E-state index contributed by atoms with van der Waals surface area (Å²) in [6.07, 6.45) is 1.33. The first-order valence-electron chi connectivity index (χ1n) is 8.14. The lowest BCUT2D eigenvalue weighted by atomic mass is 9.89. The molecule has 2 aliphatic rings. The molecule has 1 aromatic rings. The molecule has 0 saturated carbocycles. The normalized spacial score (nSPS) is 24.4. The van der Waals surface area contributed by atoms with E-state index in [-0.39, 0.29) is 12.4 Å². The molecule has 2 heterocycles. The van der Waals surface area contributed by atoms with Crippen LogP contribution in [0.3, 0.4) is 0 Å². The Balaban J connectivity index is 0.00000176. The van der Waals surface area contributed by atoms with Crippen LogP contribution >= 0.6 is 12.4 Å². The van der Waals surface area contributed by atoms with Crippen molar-refractivity contribution < 1.29 is 9.47 Å². The first-order valence-corrected chi connectivity index (χ1v) is 8.14.